The summed E-state index contributed by atoms with van der Waals surface area (Å²) in [5, 5.41) is 3.56. The van der Waals surface area contributed by atoms with E-state index in [1.807, 2.05) is 39.1 Å². The molecule has 4 heteroatoms. The SMILES string of the molecule is C=C/C=C\C(OC)=C(/Cc1ccccc1)C1C(CCC(N)=O)CCCCC1NC.CC. The first kappa shape index (κ1) is 26.7. The van der Waals surface area contributed by atoms with Crippen molar-refractivity contribution in [2.75, 3.05) is 14.2 Å². The van der Waals surface area contributed by atoms with E-state index >= 15 is 0 Å². The third-order valence-electron chi connectivity index (χ3n) is 5.97. The number of hydrogen-bond acceptors (Lipinski definition) is 3. The first-order valence-electron chi connectivity index (χ1n) is 11.7. The van der Waals surface area contributed by atoms with E-state index in [4.69, 9.17) is 10.5 Å². The molecule has 1 saturated carbocycles. The van der Waals surface area contributed by atoms with Gasteiger partial charge in [0.25, 0.3) is 0 Å². The number of primary amides is 1. The smallest absolute Gasteiger partial charge is 0.217 e. The predicted molar refractivity (Wildman–Crippen MR) is 132 cm³/mol. The first-order chi connectivity index (χ1) is 15.1. The lowest BCUT2D eigenvalue weighted by Crippen LogP contribution is -2.39. The van der Waals surface area contributed by atoms with E-state index in [9.17, 15) is 4.79 Å². The lowest BCUT2D eigenvalue weighted by molar-refractivity contribution is -0.118. The van der Waals surface area contributed by atoms with Crippen molar-refractivity contribution >= 4 is 5.91 Å². The monoisotopic (exact) mass is 426 g/mol. The van der Waals surface area contributed by atoms with Crippen LogP contribution in [-0.2, 0) is 16.0 Å². The van der Waals surface area contributed by atoms with Crippen LogP contribution in [0.25, 0.3) is 0 Å². The van der Waals surface area contributed by atoms with Crippen LogP contribution >= 0.6 is 0 Å². The van der Waals surface area contributed by atoms with E-state index in [-0.39, 0.29) is 11.8 Å². The zero-order valence-corrected chi connectivity index (χ0v) is 19.9. The van der Waals surface area contributed by atoms with Gasteiger partial charge in [-0.25, -0.2) is 0 Å². The molecule has 0 bridgehead atoms. The number of rotatable bonds is 10. The van der Waals surface area contributed by atoms with Crippen molar-refractivity contribution in [1.82, 2.24) is 5.32 Å². The van der Waals surface area contributed by atoms with Crippen LogP contribution in [-0.4, -0.2) is 26.1 Å². The van der Waals surface area contributed by atoms with Crippen molar-refractivity contribution in [2.24, 2.45) is 17.6 Å². The molecule has 1 aliphatic carbocycles. The molecule has 1 aromatic carbocycles. The third kappa shape index (κ3) is 8.74. The number of nitrogens with one attached hydrogen (secondary N) is 1. The van der Waals surface area contributed by atoms with Crippen LogP contribution in [0.3, 0.4) is 0 Å². The number of benzene rings is 1. The number of amides is 1. The maximum Gasteiger partial charge on any atom is 0.217 e. The number of hydrogen-bond donors (Lipinski definition) is 2. The average molecular weight is 427 g/mol. The Bertz CT molecular complexity index is 709. The minimum atomic E-state index is -0.221. The Hall–Kier alpha value is -2.33. The van der Waals surface area contributed by atoms with Crippen LogP contribution in [0.2, 0.25) is 0 Å². The lowest BCUT2D eigenvalue weighted by atomic mass is 9.74. The summed E-state index contributed by atoms with van der Waals surface area (Å²) in [6.07, 6.45) is 12.4. The van der Waals surface area contributed by atoms with Crippen molar-refractivity contribution in [3.05, 3.63) is 72.0 Å². The lowest BCUT2D eigenvalue weighted by Gasteiger charge is -2.35. The van der Waals surface area contributed by atoms with E-state index in [1.165, 1.54) is 24.0 Å². The van der Waals surface area contributed by atoms with E-state index in [0.717, 1.165) is 31.4 Å². The largest absolute Gasteiger partial charge is 0.497 e. The fourth-order valence-electron chi connectivity index (χ4n) is 4.61. The highest BCUT2D eigenvalue weighted by Crippen LogP contribution is 2.39. The van der Waals surface area contributed by atoms with Gasteiger partial charge in [0.05, 0.1) is 7.11 Å². The fourth-order valence-corrected chi connectivity index (χ4v) is 4.61. The van der Waals surface area contributed by atoms with Crippen LogP contribution in [0.4, 0.5) is 0 Å². The molecule has 1 fully saturated rings. The van der Waals surface area contributed by atoms with Crippen LogP contribution in [0.5, 0.6) is 0 Å². The molecule has 0 saturated heterocycles. The highest BCUT2D eigenvalue weighted by atomic mass is 16.5. The normalized spacial score (nSPS) is 22.0. The van der Waals surface area contributed by atoms with Gasteiger partial charge in [0.1, 0.15) is 5.76 Å². The number of allylic oxidation sites excluding steroid dienone is 3. The van der Waals surface area contributed by atoms with Gasteiger partial charge in [-0.15, -0.1) is 0 Å². The zero-order chi connectivity index (χ0) is 23.1. The summed E-state index contributed by atoms with van der Waals surface area (Å²) in [7, 11) is 3.78. The average Bonchev–Trinajstić information content (AvgIpc) is 3.01. The van der Waals surface area contributed by atoms with Crippen LogP contribution in [0.15, 0.2) is 66.5 Å². The Balaban J connectivity index is 0.00000233. The van der Waals surface area contributed by atoms with Crippen LogP contribution in [0.1, 0.15) is 57.9 Å². The van der Waals surface area contributed by atoms with Crippen molar-refractivity contribution in [2.45, 2.75) is 64.8 Å². The molecular formula is C27H42N2O2. The van der Waals surface area contributed by atoms with Gasteiger partial charge < -0.3 is 15.8 Å². The summed E-state index contributed by atoms with van der Waals surface area (Å²) in [6, 6.07) is 10.9. The standard InChI is InChI=1S/C25H36N2O2.C2H6/c1-4-5-15-23(29-3)21(18-19-11-7-6-8-12-19)25-20(16-17-24(26)28)13-9-10-14-22(25)27-2;1-2/h4-8,11-12,15,20,22,25,27H,1,9-10,13-14,16-18H2,2-3H3,(H2,26,28);1-2H3/b15-5-,23-21-;. The molecule has 0 aromatic heterocycles. The van der Waals surface area contributed by atoms with E-state index in [2.05, 4.69) is 36.2 Å². The molecule has 2 rings (SSSR count). The molecule has 4 nitrogen and oxygen atoms in total. The second-order valence-corrected chi connectivity index (χ2v) is 7.82. The maximum absolute atomic E-state index is 11.5. The topological polar surface area (TPSA) is 64.3 Å². The van der Waals surface area contributed by atoms with Gasteiger partial charge in [-0.3, -0.25) is 4.79 Å². The number of carbonyl (C=O) groups is 1. The summed E-state index contributed by atoms with van der Waals surface area (Å²) in [5.41, 5.74) is 8.04. The number of methoxy groups -OCH3 is 1. The van der Waals surface area contributed by atoms with Crippen molar-refractivity contribution < 1.29 is 9.53 Å². The van der Waals surface area contributed by atoms with E-state index in [0.29, 0.717) is 18.4 Å². The summed E-state index contributed by atoms with van der Waals surface area (Å²) >= 11 is 0. The maximum atomic E-state index is 11.5. The molecule has 3 N–H and O–H groups in total. The van der Waals surface area contributed by atoms with Gasteiger partial charge in [0.2, 0.25) is 5.91 Å². The Labute approximate surface area is 189 Å². The fraction of sp³-hybridized carbons (Fsp3) is 0.519. The van der Waals surface area contributed by atoms with Gasteiger partial charge in [0, 0.05) is 18.4 Å². The van der Waals surface area contributed by atoms with Gasteiger partial charge >= 0.3 is 0 Å². The Morgan fingerprint density at radius 2 is 1.90 bits per heavy atom. The molecule has 3 atom stereocenters. The molecular weight excluding hydrogens is 384 g/mol. The summed E-state index contributed by atoms with van der Waals surface area (Å²) in [6.45, 7) is 7.80. The molecule has 0 radical (unpaired) electrons. The van der Waals surface area contributed by atoms with E-state index in [1.54, 1.807) is 13.2 Å². The second-order valence-electron chi connectivity index (χ2n) is 7.82. The van der Waals surface area contributed by atoms with Gasteiger partial charge in [-0.1, -0.05) is 75.8 Å². The van der Waals surface area contributed by atoms with Gasteiger partial charge in [-0.2, -0.15) is 0 Å². The molecule has 1 amide bonds. The van der Waals surface area contributed by atoms with Crippen LogP contribution < -0.4 is 11.1 Å². The number of ether oxygens (including phenoxy) is 1. The molecule has 1 aliphatic rings. The summed E-state index contributed by atoms with van der Waals surface area (Å²) in [5.74, 6) is 1.35. The van der Waals surface area contributed by atoms with Gasteiger partial charge in [0.15, 0.2) is 0 Å². The third-order valence-corrected chi connectivity index (χ3v) is 5.97. The first-order valence-corrected chi connectivity index (χ1v) is 11.7. The molecule has 0 spiro atoms. The van der Waals surface area contributed by atoms with Crippen molar-refractivity contribution in [3.8, 4) is 0 Å². The Morgan fingerprint density at radius 3 is 2.48 bits per heavy atom. The number of nitrogens with two attached hydrogens (primary N) is 1. The van der Waals surface area contributed by atoms with E-state index < -0.39 is 0 Å². The van der Waals surface area contributed by atoms with Crippen molar-refractivity contribution in [1.29, 1.82) is 0 Å². The zero-order valence-electron chi connectivity index (χ0n) is 19.9. The minimum absolute atomic E-state index is 0.221. The number of carbonyl (C=O) groups excluding carboxylic acids is 1. The molecule has 31 heavy (non-hydrogen) atoms. The summed E-state index contributed by atoms with van der Waals surface area (Å²) < 4.78 is 5.87. The highest BCUT2D eigenvalue weighted by Gasteiger charge is 2.35. The predicted octanol–water partition coefficient (Wildman–Crippen LogP) is 5.56. The van der Waals surface area contributed by atoms with Gasteiger partial charge in [-0.05, 0) is 55.9 Å². The Morgan fingerprint density at radius 1 is 1.23 bits per heavy atom. The molecule has 3 unspecified atom stereocenters. The Kier molecular flexibility index (Phi) is 13.3. The quantitative estimate of drug-likeness (QED) is 0.292. The molecule has 0 aliphatic heterocycles. The highest BCUT2D eigenvalue weighted by molar-refractivity contribution is 5.73. The molecule has 172 valence electrons. The minimum Gasteiger partial charge on any atom is -0.497 e. The summed E-state index contributed by atoms with van der Waals surface area (Å²) in [4.78, 5) is 11.5. The molecule has 0 heterocycles. The van der Waals surface area contributed by atoms with Crippen LogP contribution in [0, 0.1) is 11.8 Å². The molecule has 1 aromatic rings. The van der Waals surface area contributed by atoms with Crippen molar-refractivity contribution in [3.63, 3.8) is 0 Å². The second kappa shape index (κ2) is 15.5.